The molecule has 0 saturated heterocycles. The second kappa shape index (κ2) is 5.69. The number of carbonyl (C=O) groups excluding carboxylic acids is 2. The van der Waals surface area contributed by atoms with Crippen LogP contribution in [0.2, 0.25) is 0 Å². The summed E-state index contributed by atoms with van der Waals surface area (Å²) in [7, 11) is 0. The average molecular weight is 309 g/mol. The molecule has 0 spiro atoms. The van der Waals surface area contributed by atoms with Gasteiger partial charge in [-0.15, -0.1) is 0 Å². The molecule has 0 atom stereocenters. The molecule has 0 radical (unpaired) electrons. The molecule has 0 aromatic heterocycles. The molecule has 3 N–H and O–H groups in total. The fourth-order valence-corrected chi connectivity index (χ4v) is 1.38. The van der Waals surface area contributed by atoms with E-state index in [1.165, 1.54) is 0 Å². The molecule has 1 rings (SSSR count). The number of hydrogen-bond donors (Lipinski definition) is 2. The van der Waals surface area contributed by atoms with E-state index in [0.717, 1.165) is 12.1 Å². The van der Waals surface area contributed by atoms with Gasteiger partial charge in [0.2, 0.25) is 5.91 Å². The van der Waals surface area contributed by atoms with Crippen LogP contribution in [0.1, 0.15) is 10.4 Å². The van der Waals surface area contributed by atoms with Crippen molar-refractivity contribution in [1.82, 2.24) is 5.48 Å². The number of carbonyl (C=O) groups is 2. The predicted molar refractivity (Wildman–Crippen MR) is 56.7 cm³/mol. The second-order valence-corrected chi connectivity index (χ2v) is 3.85. The van der Waals surface area contributed by atoms with E-state index in [9.17, 15) is 18.4 Å². The molecule has 0 bridgehead atoms. The molecule has 2 amide bonds. The lowest BCUT2D eigenvalue weighted by Gasteiger charge is -2.06. The molecular weight excluding hydrogens is 302 g/mol. The standard InChI is InChI=1S/C9H7BrF2N2O3/c10-4-1-5(11)8(6(12)2-4)9(16)14-17-3-7(13)15/h1-2H,3H2,(H2,13,15)(H,14,16). The predicted octanol–water partition coefficient (Wildman–Crippen LogP) is 0.874. The fourth-order valence-electron chi connectivity index (χ4n) is 0.983. The molecule has 5 nitrogen and oxygen atoms in total. The molecule has 0 aliphatic rings. The molecule has 0 unspecified atom stereocenters. The molecule has 1 aromatic carbocycles. The Hall–Kier alpha value is -1.54. The Bertz CT molecular complexity index is 445. The third-order valence-corrected chi connectivity index (χ3v) is 2.07. The number of hydroxylamine groups is 1. The summed E-state index contributed by atoms with van der Waals surface area (Å²) in [5.41, 5.74) is 5.62. The van der Waals surface area contributed by atoms with Crippen LogP contribution < -0.4 is 11.2 Å². The minimum atomic E-state index is -1.14. The first kappa shape index (κ1) is 13.5. The van der Waals surface area contributed by atoms with E-state index >= 15 is 0 Å². The average Bonchev–Trinajstić information content (AvgIpc) is 2.14. The van der Waals surface area contributed by atoms with Gasteiger partial charge in [0.25, 0.3) is 5.91 Å². The highest BCUT2D eigenvalue weighted by atomic mass is 79.9. The zero-order chi connectivity index (χ0) is 13.0. The summed E-state index contributed by atoms with van der Waals surface area (Å²) >= 11 is 2.86. The summed E-state index contributed by atoms with van der Waals surface area (Å²) in [5.74, 6) is -4.09. The minimum absolute atomic E-state index is 0.155. The summed E-state index contributed by atoms with van der Waals surface area (Å²) in [4.78, 5) is 25.9. The molecule has 92 valence electrons. The van der Waals surface area contributed by atoms with Gasteiger partial charge in [0.15, 0.2) is 6.61 Å². The summed E-state index contributed by atoms with van der Waals surface area (Å²) in [6.07, 6.45) is 0. The van der Waals surface area contributed by atoms with E-state index in [1.807, 2.05) is 0 Å². The van der Waals surface area contributed by atoms with Crippen molar-refractivity contribution in [2.75, 3.05) is 6.61 Å². The SMILES string of the molecule is NC(=O)CONC(=O)c1c(F)cc(Br)cc1F. The molecule has 1 aromatic rings. The third kappa shape index (κ3) is 3.75. The van der Waals surface area contributed by atoms with Gasteiger partial charge in [-0.3, -0.25) is 14.4 Å². The summed E-state index contributed by atoms with van der Waals surface area (Å²) in [5, 5.41) is 0. The van der Waals surface area contributed by atoms with Crippen molar-refractivity contribution in [2.24, 2.45) is 5.73 Å². The van der Waals surface area contributed by atoms with E-state index in [1.54, 1.807) is 5.48 Å². The molecule has 0 heterocycles. The maximum atomic E-state index is 13.3. The van der Waals surface area contributed by atoms with Gasteiger partial charge in [0.05, 0.1) is 0 Å². The van der Waals surface area contributed by atoms with E-state index in [0.29, 0.717) is 0 Å². The van der Waals surface area contributed by atoms with E-state index in [2.05, 4.69) is 20.8 Å². The smallest absolute Gasteiger partial charge is 0.280 e. The Morgan fingerprint density at radius 1 is 1.35 bits per heavy atom. The molecular formula is C9H7BrF2N2O3. The van der Waals surface area contributed by atoms with E-state index in [-0.39, 0.29) is 4.47 Å². The molecule has 0 aliphatic carbocycles. The number of hydrogen-bond acceptors (Lipinski definition) is 3. The van der Waals surface area contributed by atoms with Crippen molar-refractivity contribution in [3.63, 3.8) is 0 Å². The highest BCUT2D eigenvalue weighted by Crippen LogP contribution is 2.19. The Balaban J connectivity index is 2.79. The first-order chi connectivity index (χ1) is 7.91. The van der Waals surface area contributed by atoms with Crippen molar-refractivity contribution in [3.05, 3.63) is 33.8 Å². The van der Waals surface area contributed by atoms with Crippen molar-refractivity contribution in [2.45, 2.75) is 0 Å². The minimum Gasteiger partial charge on any atom is -0.368 e. The molecule has 0 aliphatic heterocycles. The van der Waals surface area contributed by atoms with Gasteiger partial charge >= 0.3 is 0 Å². The van der Waals surface area contributed by atoms with E-state index in [4.69, 9.17) is 5.73 Å². The third-order valence-electron chi connectivity index (χ3n) is 1.61. The van der Waals surface area contributed by atoms with Gasteiger partial charge < -0.3 is 5.73 Å². The van der Waals surface area contributed by atoms with Crippen molar-refractivity contribution in [3.8, 4) is 0 Å². The zero-order valence-corrected chi connectivity index (χ0v) is 9.88. The summed E-state index contributed by atoms with van der Waals surface area (Å²) in [6.45, 7) is -0.592. The van der Waals surface area contributed by atoms with Gasteiger partial charge in [-0.2, -0.15) is 0 Å². The Kier molecular flexibility index (Phi) is 4.53. The van der Waals surface area contributed by atoms with Crippen molar-refractivity contribution in [1.29, 1.82) is 0 Å². The summed E-state index contributed by atoms with van der Waals surface area (Å²) < 4.78 is 26.7. The van der Waals surface area contributed by atoms with Crippen LogP contribution in [0.5, 0.6) is 0 Å². The van der Waals surface area contributed by atoms with E-state index < -0.39 is 35.6 Å². The van der Waals surface area contributed by atoms with Gasteiger partial charge in [-0.25, -0.2) is 14.3 Å². The van der Waals surface area contributed by atoms with Crippen LogP contribution in [0, 0.1) is 11.6 Å². The maximum Gasteiger partial charge on any atom is 0.280 e. The number of primary amides is 1. The molecule has 0 saturated carbocycles. The molecule has 0 fully saturated rings. The number of amides is 2. The highest BCUT2D eigenvalue weighted by molar-refractivity contribution is 9.10. The van der Waals surface area contributed by atoms with Crippen LogP contribution >= 0.6 is 15.9 Å². The number of nitrogens with one attached hydrogen (secondary N) is 1. The largest absolute Gasteiger partial charge is 0.368 e. The number of nitrogens with two attached hydrogens (primary N) is 1. The summed E-state index contributed by atoms with van der Waals surface area (Å²) in [6, 6.07) is 1.85. The van der Waals surface area contributed by atoms with Crippen molar-refractivity contribution < 1.29 is 23.2 Å². The molecule has 17 heavy (non-hydrogen) atoms. The quantitative estimate of drug-likeness (QED) is 0.810. The number of halogens is 3. The highest BCUT2D eigenvalue weighted by Gasteiger charge is 2.18. The first-order valence-electron chi connectivity index (χ1n) is 4.26. The van der Waals surface area contributed by atoms with Gasteiger partial charge in [0.1, 0.15) is 17.2 Å². The fraction of sp³-hybridized carbons (Fsp3) is 0.111. The Labute approximate surface area is 103 Å². The van der Waals surface area contributed by atoms with Gasteiger partial charge in [-0.05, 0) is 12.1 Å². The van der Waals surface area contributed by atoms with Crippen LogP contribution in [0.15, 0.2) is 16.6 Å². The van der Waals surface area contributed by atoms with Crippen LogP contribution in [-0.4, -0.2) is 18.4 Å². The number of benzene rings is 1. The van der Waals surface area contributed by atoms with Crippen molar-refractivity contribution >= 4 is 27.7 Å². The number of rotatable bonds is 4. The van der Waals surface area contributed by atoms with Crippen LogP contribution in [0.3, 0.4) is 0 Å². The Morgan fingerprint density at radius 3 is 2.35 bits per heavy atom. The lowest BCUT2D eigenvalue weighted by atomic mass is 10.2. The monoisotopic (exact) mass is 308 g/mol. The van der Waals surface area contributed by atoms with Gasteiger partial charge in [-0.1, -0.05) is 15.9 Å². The lowest BCUT2D eigenvalue weighted by Crippen LogP contribution is -2.30. The lowest BCUT2D eigenvalue weighted by molar-refractivity contribution is -0.124. The first-order valence-corrected chi connectivity index (χ1v) is 5.06. The van der Waals surface area contributed by atoms with Crippen LogP contribution in [-0.2, 0) is 9.63 Å². The second-order valence-electron chi connectivity index (χ2n) is 2.93. The van der Waals surface area contributed by atoms with Crippen LogP contribution in [0.25, 0.3) is 0 Å². The topological polar surface area (TPSA) is 81.4 Å². The normalized spacial score (nSPS) is 10.1. The zero-order valence-electron chi connectivity index (χ0n) is 8.30. The maximum absolute atomic E-state index is 13.3. The van der Waals surface area contributed by atoms with Gasteiger partial charge in [0, 0.05) is 4.47 Å². The molecule has 8 heteroatoms. The Morgan fingerprint density at radius 2 is 1.88 bits per heavy atom. The van der Waals surface area contributed by atoms with Crippen LogP contribution in [0.4, 0.5) is 8.78 Å².